The van der Waals surface area contributed by atoms with Gasteiger partial charge in [0.1, 0.15) is 5.82 Å². The second-order valence-electron chi connectivity index (χ2n) is 6.91. The Kier molecular flexibility index (Phi) is 2.53. The van der Waals surface area contributed by atoms with Gasteiger partial charge in [-0.2, -0.15) is 0 Å². The third-order valence-corrected chi connectivity index (χ3v) is 5.51. The van der Waals surface area contributed by atoms with Gasteiger partial charge in [0.15, 0.2) is 0 Å². The molecular weight excluding hydrogens is 261 g/mol. The molecule has 3 aliphatic rings. The smallest absolute Gasteiger partial charge is 0.124 e. The quantitative estimate of drug-likeness (QED) is 0.877. The maximum Gasteiger partial charge on any atom is 0.124 e. The van der Waals surface area contributed by atoms with Crippen LogP contribution in [0.25, 0.3) is 0 Å². The average Bonchev–Trinajstić information content (AvgIpc) is 3.20. The van der Waals surface area contributed by atoms with Gasteiger partial charge < -0.3 is 5.32 Å². The second-order valence-corrected chi connectivity index (χ2v) is 7.32. The summed E-state index contributed by atoms with van der Waals surface area (Å²) in [5.74, 6) is -0.237. The normalized spacial score (nSPS) is 26.2. The third kappa shape index (κ3) is 2.09. The molecule has 19 heavy (non-hydrogen) atoms. The summed E-state index contributed by atoms with van der Waals surface area (Å²) >= 11 is 6.30. The summed E-state index contributed by atoms with van der Waals surface area (Å²) in [6.45, 7) is 1.00. The van der Waals surface area contributed by atoms with E-state index in [4.69, 9.17) is 11.6 Å². The Morgan fingerprint density at radius 1 is 1.26 bits per heavy atom. The first kappa shape index (κ1) is 12.2. The molecule has 0 atom stereocenters. The van der Waals surface area contributed by atoms with Gasteiger partial charge in [0, 0.05) is 23.0 Å². The van der Waals surface area contributed by atoms with Gasteiger partial charge in [-0.1, -0.05) is 17.7 Å². The summed E-state index contributed by atoms with van der Waals surface area (Å²) in [7, 11) is 0. The van der Waals surface area contributed by atoms with Crippen LogP contribution in [0.5, 0.6) is 0 Å². The molecule has 3 fully saturated rings. The van der Waals surface area contributed by atoms with Gasteiger partial charge in [-0.05, 0) is 61.6 Å². The molecule has 0 bridgehead atoms. The first-order valence-corrected chi connectivity index (χ1v) is 7.68. The van der Waals surface area contributed by atoms with Crippen molar-refractivity contribution in [2.75, 3.05) is 6.54 Å². The Labute approximate surface area is 118 Å². The number of hydrogen-bond acceptors (Lipinski definition) is 1. The predicted molar refractivity (Wildman–Crippen MR) is 75.0 cm³/mol. The minimum absolute atomic E-state index is 0.157. The van der Waals surface area contributed by atoms with Crippen LogP contribution in [0, 0.1) is 11.2 Å². The van der Waals surface area contributed by atoms with E-state index in [1.807, 2.05) is 6.07 Å². The van der Waals surface area contributed by atoms with E-state index in [1.54, 1.807) is 6.07 Å². The standard InChI is InChI=1S/C16H19ClFN/c17-14-7-11(18)1-4-13(14)16(10-19-12-2-3-12)8-15(9-16)5-6-15/h1,4,7,12,19H,2-3,5-6,8-10H2. The van der Waals surface area contributed by atoms with Crippen LogP contribution in [0.2, 0.25) is 5.02 Å². The molecule has 3 aliphatic carbocycles. The van der Waals surface area contributed by atoms with Crippen molar-refractivity contribution in [2.24, 2.45) is 5.41 Å². The lowest BCUT2D eigenvalue weighted by atomic mass is 9.56. The van der Waals surface area contributed by atoms with Gasteiger partial charge >= 0.3 is 0 Å². The van der Waals surface area contributed by atoms with Crippen molar-refractivity contribution >= 4 is 11.6 Å². The SMILES string of the molecule is Fc1ccc(C2(CNC3CC3)CC3(CC3)C2)c(Cl)c1. The first-order chi connectivity index (χ1) is 9.11. The zero-order chi connectivity index (χ0) is 13.1. The molecule has 1 nitrogen and oxygen atoms in total. The highest BCUT2D eigenvalue weighted by atomic mass is 35.5. The van der Waals surface area contributed by atoms with Gasteiger partial charge in [-0.25, -0.2) is 4.39 Å². The van der Waals surface area contributed by atoms with Crippen molar-refractivity contribution in [2.45, 2.75) is 50.0 Å². The van der Waals surface area contributed by atoms with E-state index in [2.05, 4.69) is 5.32 Å². The van der Waals surface area contributed by atoms with Crippen molar-refractivity contribution in [3.63, 3.8) is 0 Å². The van der Waals surface area contributed by atoms with Crippen molar-refractivity contribution in [3.8, 4) is 0 Å². The fraction of sp³-hybridized carbons (Fsp3) is 0.625. The number of rotatable bonds is 4. The monoisotopic (exact) mass is 279 g/mol. The van der Waals surface area contributed by atoms with Gasteiger partial charge in [-0.3, -0.25) is 0 Å². The van der Waals surface area contributed by atoms with E-state index in [0.717, 1.165) is 12.1 Å². The fourth-order valence-electron chi connectivity index (χ4n) is 3.87. The summed E-state index contributed by atoms with van der Waals surface area (Å²) in [5, 5.41) is 4.26. The van der Waals surface area contributed by atoms with Gasteiger partial charge in [0.25, 0.3) is 0 Å². The van der Waals surface area contributed by atoms with Crippen LogP contribution < -0.4 is 5.32 Å². The third-order valence-electron chi connectivity index (χ3n) is 5.19. The molecule has 0 aromatic heterocycles. The van der Waals surface area contributed by atoms with E-state index in [-0.39, 0.29) is 11.2 Å². The molecule has 0 aliphatic heterocycles. The number of hydrogen-bond donors (Lipinski definition) is 1. The Morgan fingerprint density at radius 3 is 2.58 bits per heavy atom. The predicted octanol–water partition coefficient (Wildman–Crippen LogP) is 4.04. The van der Waals surface area contributed by atoms with Gasteiger partial charge in [0.2, 0.25) is 0 Å². The Morgan fingerprint density at radius 2 is 2.00 bits per heavy atom. The highest BCUT2D eigenvalue weighted by Gasteiger charge is 2.61. The summed E-state index contributed by atoms with van der Waals surface area (Å²) in [6.07, 6.45) is 7.81. The highest BCUT2D eigenvalue weighted by Crippen LogP contribution is 2.69. The molecule has 3 saturated carbocycles. The van der Waals surface area contributed by atoms with Crippen LogP contribution >= 0.6 is 11.6 Å². The fourth-order valence-corrected chi connectivity index (χ4v) is 4.24. The molecule has 1 spiro atoms. The minimum atomic E-state index is -0.237. The molecule has 1 aromatic carbocycles. The van der Waals surface area contributed by atoms with Crippen molar-refractivity contribution in [3.05, 3.63) is 34.6 Å². The molecule has 1 aromatic rings. The largest absolute Gasteiger partial charge is 0.313 e. The molecule has 3 heteroatoms. The van der Waals surface area contributed by atoms with E-state index < -0.39 is 0 Å². The Hall–Kier alpha value is -0.600. The maximum atomic E-state index is 13.2. The minimum Gasteiger partial charge on any atom is -0.313 e. The summed E-state index contributed by atoms with van der Waals surface area (Å²) in [4.78, 5) is 0. The first-order valence-electron chi connectivity index (χ1n) is 7.30. The van der Waals surface area contributed by atoms with Crippen molar-refractivity contribution in [1.29, 1.82) is 0 Å². The zero-order valence-electron chi connectivity index (χ0n) is 11.0. The molecule has 0 radical (unpaired) electrons. The Bertz CT molecular complexity index is 511. The average molecular weight is 280 g/mol. The molecular formula is C16H19ClFN. The summed E-state index contributed by atoms with van der Waals surface area (Å²) in [5.41, 5.74) is 1.92. The topological polar surface area (TPSA) is 12.0 Å². The van der Waals surface area contributed by atoms with Gasteiger partial charge in [0.05, 0.1) is 0 Å². The zero-order valence-corrected chi connectivity index (χ0v) is 11.8. The van der Waals surface area contributed by atoms with Crippen LogP contribution in [0.1, 0.15) is 44.1 Å². The number of nitrogens with one attached hydrogen (secondary N) is 1. The van der Waals surface area contributed by atoms with E-state index in [9.17, 15) is 4.39 Å². The lowest BCUT2D eigenvalue weighted by molar-refractivity contribution is 0.116. The number of halogens is 2. The van der Waals surface area contributed by atoms with E-state index in [0.29, 0.717) is 16.5 Å². The summed E-state index contributed by atoms with van der Waals surface area (Å²) < 4.78 is 13.2. The maximum absolute atomic E-state index is 13.2. The second kappa shape index (κ2) is 3.95. The molecule has 0 saturated heterocycles. The van der Waals surface area contributed by atoms with Crippen molar-refractivity contribution < 1.29 is 4.39 Å². The number of benzene rings is 1. The molecule has 1 N–H and O–H groups in total. The van der Waals surface area contributed by atoms with Crippen LogP contribution in [0.4, 0.5) is 4.39 Å². The van der Waals surface area contributed by atoms with Crippen LogP contribution in [-0.2, 0) is 5.41 Å². The van der Waals surface area contributed by atoms with Gasteiger partial charge in [-0.15, -0.1) is 0 Å². The lowest BCUT2D eigenvalue weighted by Gasteiger charge is -2.50. The van der Waals surface area contributed by atoms with Crippen molar-refractivity contribution in [1.82, 2.24) is 5.32 Å². The van der Waals surface area contributed by atoms with E-state index in [1.165, 1.54) is 44.6 Å². The Balaban J connectivity index is 1.61. The highest BCUT2D eigenvalue weighted by molar-refractivity contribution is 6.31. The molecule has 0 unspecified atom stereocenters. The van der Waals surface area contributed by atoms with Crippen LogP contribution in [0.15, 0.2) is 18.2 Å². The van der Waals surface area contributed by atoms with Crippen LogP contribution in [0.3, 0.4) is 0 Å². The molecule has 0 amide bonds. The molecule has 4 rings (SSSR count). The molecule has 0 heterocycles. The lowest BCUT2D eigenvalue weighted by Crippen LogP contribution is -2.50. The molecule has 102 valence electrons. The summed E-state index contributed by atoms with van der Waals surface area (Å²) in [6, 6.07) is 5.64. The van der Waals surface area contributed by atoms with E-state index >= 15 is 0 Å². The van der Waals surface area contributed by atoms with Crippen LogP contribution in [-0.4, -0.2) is 12.6 Å².